The molecule has 156 valence electrons. The van der Waals surface area contributed by atoms with Crippen molar-refractivity contribution in [2.45, 2.75) is 45.4 Å². The van der Waals surface area contributed by atoms with Crippen LogP contribution in [0.2, 0.25) is 0 Å². The van der Waals surface area contributed by atoms with Crippen molar-refractivity contribution < 1.29 is 35.5 Å². The normalized spacial score (nSPS) is 13.9. The van der Waals surface area contributed by atoms with Crippen LogP contribution in [0.4, 0.5) is 30.7 Å². The average molecular weight is 418 g/mol. The first-order valence-electron chi connectivity index (χ1n) is 9.03. The summed E-state index contributed by atoms with van der Waals surface area (Å²) < 4.78 is 97.7. The highest BCUT2D eigenvalue weighted by molar-refractivity contribution is 5.68. The van der Waals surface area contributed by atoms with Gasteiger partial charge < -0.3 is 4.74 Å². The van der Waals surface area contributed by atoms with Crippen molar-refractivity contribution in [3.8, 4) is 16.9 Å². The molecule has 1 aliphatic rings. The molecule has 8 heteroatoms. The summed E-state index contributed by atoms with van der Waals surface area (Å²) in [5, 5.41) is 0. The van der Waals surface area contributed by atoms with Gasteiger partial charge in [-0.25, -0.2) is 17.6 Å². The lowest BCUT2D eigenvalue weighted by atomic mass is 9.86. The third kappa shape index (κ3) is 4.57. The molecule has 0 unspecified atom stereocenters. The summed E-state index contributed by atoms with van der Waals surface area (Å²) in [7, 11) is 0. The summed E-state index contributed by atoms with van der Waals surface area (Å²) in [5.41, 5.74) is 0.489. The Balaban J connectivity index is 2.00. The molecular formula is C21H17F7O. The number of rotatable bonds is 5. The fourth-order valence-corrected chi connectivity index (χ4v) is 3.43. The zero-order chi connectivity index (χ0) is 21.3. The number of benzene rings is 2. The van der Waals surface area contributed by atoms with Crippen molar-refractivity contribution >= 4 is 0 Å². The van der Waals surface area contributed by atoms with Crippen LogP contribution in [0.1, 0.15) is 37.3 Å². The smallest absolute Gasteiger partial charge is 0.399 e. The lowest BCUT2D eigenvalue weighted by Gasteiger charge is -2.20. The van der Waals surface area contributed by atoms with E-state index in [-0.39, 0.29) is 12.0 Å². The Bertz CT molecular complexity index is 937. The summed E-state index contributed by atoms with van der Waals surface area (Å²) in [6, 6.07) is 1.95. The molecule has 1 nitrogen and oxygen atoms in total. The number of halogens is 7. The van der Waals surface area contributed by atoms with Gasteiger partial charge in [0.15, 0.2) is 11.6 Å². The number of fused-ring (bicyclic) bond motifs is 1. The Hall–Kier alpha value is -2.51. The Labute approximate surface area is 162 Å². The lowest BCUT2D eigenvalue weighted by Crippen LogP contribution is -2.19. The largest absolute Gasteiger partial charge is 0.573 e. The molecule has 0 N–H and O–H groups in total. The minimum atomic E-state index is -5.31. The molecule has 0 saturated heterocycles. The average Bonchev–Trinajstić information content (AvgIpc) is 2.62. The predicted octanol–water partition coefficient (Wildman–Crippen LogP) is 7.02. The molecule has 29 heavy (non-hydrogen) atoms. The van der Waals surface area contributed by atoms with Crippen LogP contribution in [0, 0.1) is 23.3 Å². The number of unbranched alkanes of at least 4 members (excludes halogenated alkanes) is 1. The van der Waals surface area contributed by atoms with Gasteiger partial charge in [0.25, 0.3) is 0 Å². The second-order valence-corrected chi connectivity index (χ2v) is 6.85. The van der Waals surface area contributed by atoms with Gasteiger partial charge in [-0.3, -0.25) is 0 Å². The van der Waals surface area contributed by atoms with E-state index in [1.54, 1.807) is 0 Å². The van der Waals surface area contributed by atoms with Gasteiger partial charge in [-0.1, -0.05) is 25.0 Å². The van der Waals surface area contributed by atoms with Gasteiger partial charge >= 0.3 is 6.36 Å². The van der Waals surface area contributed by atoms with Crippen LogP contribution < -0.4 is 4.74 Å². The van der Waals surface area contributed by atoms with Crippen molar-refractivity contribution in [3.05, 3.63) is 64.2 Å². The quantitative estimate of drug-likeness (QED) is 0.374. The SMILES string of the molecule is CCCCC1=CCc2c(cc(F)c(-c3cc(F)c(OC(F)(F)F)c(F)c3)c2F)C1. The Morgan fingerprint density at radius 1 is 0.966 bits per heavy atom. The van der Waals surface area contributed by atoms with E-state index >= 15 is 0 Å². The first-order valence-corrected chi connectivity index (χ1v) is 9.03. The second kappa shape index (κ2) is 8.08. The van der Waals surface area contributed by atoms with E-state index in [9.17, 15) is 30.7 Å². The fraction of sp³-hybridized carbons (Fsp3) is 0.333. The highest BCUT2D eigenvalue weighted by Gasteiger charge is 2.34. The van der Waals surface area contributed by atoms with Crippen molar-refractivity contribution in [1.29, 1.82) is 0 Å². The van der Waals surface area contributed by atoms with E-state index in [2.05, 4.69) is 4.74 Å². The molecular weight excluding hydrogens is 401 g/mol. The molecule has 0 amide bonds. The third-order valence-corrected chi connectivity index (χ3v) is 4.78. The fourth-order valence-electron chi connectivity index (χ4n) is 3.43. The van der Waals surface area contributed by atoms with E-state index in [1.165, 1.54) is 0 Å². The highest BCUT2D eigenvalue weighted by Crippen LogP contribution is 2.37. The standard InChI is InChI=1S/C21H17F7O/c1-2-3-4-11-5-6-14-12(7-11)8-15(22)18(19(14)25)13-9-16(23)20(17(24)10-13)29-21(26,27)28/h5,8-10H,2-4,6-7H2,1H3. The molecule has 0 fully saturated rings. The van der Waals surface area contributed by atoms with Crippen LogP contribution in [0.5, 0.6) is 5.75 Å². The Morgan fingerprint density at radius 2 is 1.62 bits per heavy atom. The van der Waals surface area contributed by atoms with Crippen molar-refractivity contribution in [2.75, 3.05) is 0 Å². The van der Waals surface area contributed by atoms with E-state index < -0.39 is 46.5 Å². The Kier molecular flexibility index (Phi) is 5.91. The second-order valence-electron chi connectivity index (χ2n) is 6.85. The molecule has 0 atom stereocenters. The van der Waals surface area contributed by atoms with Crippen LogP contribution >= 0.6 is 0 Å². The van der Waals surface area contributed by atoms with Gasteiger partial charge in [0, 0.05) is 0 Å². The van der Waals surface area contributed by atoms with Gasteiger partial charge in [0.1, 0.15) is 11.6 Å². The molecule has 0 aromatic heterocycles. The summed E-state index contributed by atoms with van der Waals surface area (Å²) >= 11 is 0. The summed E-state index contributed by atoms with van der Waals surface area (Å²) in [4.78, 5) is 0. The van der Waals surface area contributed by atoms with Crippen molar-refractivity contribution in [1.82, 2.24) is 0 Å². The highest BCUT2D eigenvalue weighted by atomic mass is 19.4. The van der Waals surface area contributed by atoms with Crippen molar-refractivity contribution in [2.24, 2.45) is 0 Å². The van der Waals surface area contributed by atoms with Gasteiger partial charge in [0.2, 0.25) is 5.75 Å². The van der Waals surface area contributed by atoms with Crippen molar-refractivity contribution in [3.63, 3.8) is 0 Å². The molecule has 0 spiro atoms. The zero-order valence-electron chi connectivity index (χ0n) is 15.4. The first-order chi connectivity index (χ1) is 13.6. The maximum atomic E-state index is 15.0. The maximum Gasteiger partial charge on any atom is 0.573 e. The number of hydrogen-bond acceptors (Lipinski definition) is 1. The number of allylic oxidation sites excluding steroid dienone is 2. The summed E-state index contributed by atoms with van der Waals surface area (Å²) in [6.45, 7) is 2.03. The number of ether oxygens (including phenoxy) is 1. The van der Waals surface area contributed by atoms with Crippen LogP contribution in [0.3, 0.4) is 0 Å². The first kappa shape index (κ1) is 21.2. The molecule has 2 aromatic rings. The molecule has 0 bridgehead atoms. The zero-order valence-corrected chi connectivity index (χ0v) is 15.4. The lowest BCUT2D eigenvalue weighted by molar-refractivity contribution is -0.276. The topological polar surface area (TPSA) is 9.23 Å². The minimum absolute atomic E-state index is 0.202. The van der Waals surface area contributed by atoms with Crippen LogP contribution in [0.25, 0.3) is 11.1 Å². The molecule has 0 aliphatic heterocycles. The number of hydrogen-bond donors (Lipinski definition) is 0. The maximum absolute atomic E-state index is 15.0. The van der Waals surface area contributed by atoms with Gasteiger partial charge in [-0.05, 0) is 60.6 Å². The third-order valence-electron chi connectivity index (χ3n) is 4.78. The minimum Gasteiger partial charge on any atom is -0.399 e. The predicted molar refractivity (Wildman–Crippen MR) is 93.4 cm³/mol. The van der Waals surface area contributed by atoms with Gasteiger partial charge in [0.05, 0.1) is 5.56 Å². The van der Waals surface area contributed by atoms with E-state index in [0.29, 0.717) is 24.1 Å². The summed E-state index contributed by atoms with van der Waals surface area (Å²) in [5.74, 6) is -7.12. The van der Waals surface area contributed by atoms with Crippen LogP contribution in [0.15, 0.2) is 29.8 Å². The van der Waals surface area contributed by atoms with Crippen LogP contribution in [-0.2, 0) is 12.8 Å². The monoisotopic (exact) mass is 418 g/mol. The molecule has 0 radical (unpaired) electrons. The molecule has 2 aromatic carbocycles. The number of alkyl halides is 3. The molecule has 3 rings (SSSR count). The van der Waals surface area contributed by atoms with E-state index in [0.717, 1.165) is 30.9 Å². The van der Waals surface area contributed by atoms with Crippen LogP contribution in [-0.4, -0.2) is 6.36 Å². The van der Waals surface area contributed by atoms with E-state index in [1.807, 2.05) is 13.0 Å². The Morgan fingerprint density at radius 3 is 2.21 bits per heavy atom. The van der Waals surface area contributed by atoms with Gasteiger partial charge in [-0.15, -0.1) is 13.2 Å². The summed E-state index contributed by atoms with van der Waals surface area (Å²) in [6.07, 6.45) is -0.125. The molecule has 0 saturated carbocycles. The van der Waals surface area contributed by atoms with Gasteiger partial charge in [-0.2, -0.15) is 0 Å². The molecule has 1 aliphatic carbocycles. The molecule has 0 heterocycles. The van der Waals surface area contributed by atoms with E-state index in [4.69, 9.17) is 0 Å².